The van der Waals surface area contributed by atoms with E-state index in [9.17, 15) is 9.90 Å². The smallest absolute Gasteiger partial charge is 0.317 e. The van der Waals surface area contributed by atoms with Crippen LogP contribution in [0.25, 0.3) is 0 Å². The molecule has 2 saturated heterocycles. The molecule has 2 fully saturated rings. The molecule has 2 rings (SSSR count). The summed E-state index contributed by atoms with van der Waals surface area (Å²) in [5.41, 5.74) is 0.0898. The highest BCUT2D eigenvalue weighted by Crippen LogP contribution is 2.33. The zero-order valence-electron chi connectivity index (χ0n) is 14.5. The van der Waals surface area contributed by atoms with Crippen molar-refractivity contribution in [3.05, 3.63) is 0 Å². The number of piperidine rings is 1. The summed E-state index contributed by atoms with van der Waals surface area (Å²) in [5, 5.41) is 13.0. The van der Waals surface area contributed by atoms with E-state index in [-0.39, 0.29) is 23.5 Å². The molecule has 128 valence electrons. The van der Waals surface area contributed by atoms with Gasteiger partial charge in [0.15, 0.2) is 0 Å². The van der Waals surface area contributed by atoms with E-state index in [4.69, 9.17) is 4.74 Å². The molecule has 5 heteroatoms. The zero-order valence-corrected chi connectivity index (χ0v) is 14.5. The van der Waals surface area contributed by atoms with Crippen LogP contribution in [0.3, 0.4) is 0 Å². The number of amides is 2. The first kappa shape index (κ1) is 17.5. The molecule has 4 unspecified atom stereocenters. The summed E-state index contributed by atoms with van der Waals surface area (Å²) >= 11 is 0. The van der Waals surface area contributed by atoms with Gasteiger partial charge in [-0.3, -0.25) is 0 Å². The number of hydrogen-bond acceptors (Lipinski definition) is 3. The van der Waals surface area contributed by atoms with Crippen LogP contribution in [-0.4, -0.2) is 54.5 Å². The second kappa shape index (κ2) is 7.18. The number of carbonyl (C=O) groups excluding carboxylic acids is 1. The fourth-order valence-electron chi connectivity index (χ4n) is 3.57. The van der Waals surface area contributed by atoms with E-state index in [0.29, 0.717) is 19.0 Å². The van der Waals surface area contributed by atoms with Gasteiger partial charge in [0.1, 0.15) is 0 Å². The van der Waals surface area contributed by atoms with Gasteiger partial charge >= 0.3 is 6.03 Å². The van der Waals surface area contributed by atoms with Gasteiger partial charge in [0.05, 0.1) is 12.2 Å². The van der Waals surface area contributed by atoms with Crippen LogP contribution in [0, 0.1) is 17.3 Å². The van der Waals surface area contributed by atoms with Crippen molar-refractivity contribution in [1.82, 2.24) is 10.2 Å². The predicted octanol–water partition coefficient (Wildman–Crippen LogP) is 2.24. The molecule has 0 aromatic rings. The molecule has 2 heterocycles. The van der Waals surface area contributed by atoms with Crippen molar-refractivity contribution < 1.29 is 14.6 Å². The Morgan fingerprint density at radius 1 is 1.36 bits per heavy atom. The summed E-state index contributed by atoms with van der Waals surface area (Å²) in [6.45, 7) is 11.3. The third-order valence-electron chi connectivity index (χ3n) is 5.02. The first-order valence-electron chi connectivity index (χ1n) is 8.61. The Kier molecular flexibility index (Phi) is 5.72. The van der Waals surface area contributed by atoms with Crippen molar-refractivity contribution in [2.45, 2.75) is 59.2 Å². The van der Waals surface area contributed by atoms with Crippen LogP contribution in [0.5, 0.6) is 0 Å². The maximum Gasteiger partial charge on any atom is 0.317 e. The normalized spacial score (nSPS) is 33.6. The van der Waals surface area contributed by atoms with E-state index >= 15 is 0 Å². The average molecular weight is 312 g/mol. The lowest BCUT2D eigenvalue weighted by molar-refractivity contribution is -0.0840. The molecule has 2 amide bonds. The summed E-state index contributed by atoms with van der Waals surface area (Å²) in [5.74, 6) is 0.646. The highest BCUT2D eigenvalue weighted by atomic mass is 16.5. The van der Waals surface area contributed by atoms with Gasteiger partial charge in [-0.05, 0) is 30.6 Å². The van der Waals surface area contributed by atoms with E-state index < -0.39 is 6.10 Å². The maximum absolute atomic E-state index is 12.3. The van der Waals surface area contributed by atoms with Gasteiger partial charge in [0, 0.05) is 32.2 Å². The second-order valence-corrected chi connectivity index (χ2v) is 8.03. The molecule has 0 spiro atoms. The molecule has 2 aliphatic rings. The van der Waals surface area contributed by atoms with Crippen LogP contribution >= 0.6 is 0 Å². The molecule has 22 heavy (non-hydrogen) atoms. The summed E-state index contributed by atoms with van der Waals surface area (Å²) in [6, 6.07) is -0.0517. The molecule has 0 saturated carbocycles. The number of hydrogen-bond donors (Lipinski definition) is 2. The standard InChI is InChI=1S/C17H32N2O3/c1-12-7-8-19(11-14(12)20)16(21)18-10-13-6-5-9-22-15(13)17(2,3)4/h12-15,20H,5-11H2,1-4H3,(H,18,21). The number of nitrogens with one attached hydrogen (secondary N) is 1. The Morgan fingerprint density at radius 3 is 2.73 bits per heavy atom. The lowest BCUT2D eigenvalue weighted by Gasteiger charge is -2.41. The Labute approximate surface area is 134 Å². The largest absolute Gasteiger partial charge is 0.391 e. The van der Waals surface area contributed by atoms with Gasteiger partial charge in [-0.25, -0.2) is 4.79 Å². The molecule has 2 N–H and O–H groups in total. The van der Waals surface area contributed by atoms with Gasteiger partial charge in [0.2, 0.25) is 0 Å². The van der Waals surface area contributed by atoms with Crippen LogP contribution in [0.4, 0.5) is 4.79 Å². The Bertz CT molecular complexity index is 381. The van der Waals surface area contributed by atoms with E-state index in [2.05, 4.69) is 26.1 Å². The quantitative estimate of drug-likeness (QED) is 0.822. The van der Waals surface area contributed by atoms with Gasteiger partial charge in [-0.1, -0.05) is 27.7 Å². The van der Waals surface area contributed by atoms with E-state index in [0.717, 1.165) is 32.4 Å². The van der Waals surface area contributed by atoms with Crippen LogP contribution in [0.15, 0.2) is 0 Å². The van der Waals surface area contributed by atoms with Crippen molar-refractivity contribution in [1.29, 1.82) is 0 Å². The summed E-state index contributed by atoms with van der Waals surface area (Å²) in [7, 11) is 0. The molecule has 2 aliphatic heterocycles. The fraction of sp³-hybridized carbons (Fsp3) is 0.941. The molecular weight excluding hydrogens is 280 g/mol. The number of likely N-dealkylation sites (tertiary alicyclic amines) is 1. The number of aliphatic hydroxyl groups is 1. The number of rotatable bonds is 2. The third-order valence-corrected chi connectivity index (χ3v) is 5.02. The van der Waals surface area contributed by atoms with Crippen LogP contribution < -0.4 is 5.32 Å². The first-order valence-corrected chi connectivity index (χ1v) is 8.61. The lowest BCUT2D eigenvalue weighted by Crippen LogP contribution is -2.52. The van der Waals surface area contributed by atoms with Gasteiger partial charge in [-0.15, -0.1) is 0 Å². The van der Waals surface area contributed by atoms with Crippen LogP contribution in [-0.2, 0) is 4.74 Å². The van der Waals surface area contributed by atoms with Crippen LogP contribution in [0.2, 0.25) is 0 Å². The van der Waals surface area contributed by atoms with Crippen molar-refractivity contribution >= 4 is 6.03 Å². The number of nitrogens with zero attached hydrogens (tertiary/aromatic N) is 1. The van der Waals surface area contributed by atoms with E-state index in [1.54, 1.807) is 4.90 Å². The van der Waals surface area contributed by atoms with Crippen molar-refractivity contribution in [3.8, 4) is 0 Å². The van der Waals surface area contributed by atoms with Gasteiger partial charge < -0.3 is 20.1 Å². The minimum Gasteiger partial charge on any atom is -0.391 e. The number of ether oxygens (including phenoxy) is 1. The third kappa shape index (κ3) is 4.35. The molecule has 0 bridgehead atoms. The summed E-state index contributed by atoms with van der Waals surface area (Å²) in [6.07, 6.45) is 2.81. The number of aliphatic hydroxyl groups excluding tert-OH is 1. The molecular formula is C17H32N2O3. The lowest BCUT2D eigenvalue weighted by atomic mass is 9.78. The minimum atomic E-state index is -0.403. The number of carbonyl (C=O) groups is 1. The maximum atomic E-state index is 12.3. The number of β-amino-alcohol motifs (C(OH)–C–C–N with tert-alkyl or cyclic N) is 1. The Morgan fingerprint density at radius 2 is 2.09 bits per heavy atom. The molecule has 0 aromatic carbocycles. The highest BCUT2D eigenvalue weighted by Gasteiger charge is 2.36. The second-order valence-electron chi connectivity index (χ2n) is 8.03. The molecule has 0 aromatic heterocycles. The summed E-state index contributed by atoms with van der Waals surface area (Å²) < 4.78 is 5.96. The Balaban J connectivity index is 1.84. The highest BCUT2D eigenvalue weighted by molar-refractivity contribution is 5.74. The summed E-state index contributed by atoms with van der Waals surface area (Å²) in [4.78, 5) is 14.0. The van der Waals surface area contributed by atoms with Crippen molar-refractivity contribution in [2.24, 2.45) is 17.3 Å². The zero-order chi connectivity index (χ0) is 16.3. The van der Waals surface area contributed by atoms with Crippen molar-refractivity contribution in [3.63, 3.8) is 0 Å². The predicted molar refractivity (Wildman–Crippen MR) is 86.7 cm³/mol. The number of urea groups is 1. The van der Waals surface area contributed by atoms with Crippen molar-refractivity contribution in [2.75, 3.05) is 26.2 Å². The Hall–Kier alpha value is -0.810. The molecule has 5 nitrogen and oxygen atoms in total. The van der Waals surface area contributed by atoms with E-state index in [1.165, 1.54) is 0 Å². The van der Waals surface area contributed by atoms with Gasteiger partial charge in [-0.2, -0.15) is 0 Å². The van der Waals surface area contributed by atoms with Crippen LogP contribution in [0.1, 0.15) is 47.0 Å². The minimum absolute atomic E-state index is 0.0517. The van der Waals surface area contributed by atoms with Gasteiger partial charge in [0.25, 0.3) is 0 Å². The molecule has 0 aliphatic carbocycles. The topological polar surface area (TPSA) is 61.8 Å². The fourth-order valence-corrected chi connectivity index (χ4v) is 3.57. The first-order chi connectivity index (χ1) is 10.3. The molecule has 4 atom stereocenters. The SMILES string of the molecule is CC1CCN(C(=O)NCC2CCCOC2C(C)(C)C)CC1O. The average Bonchev–Trinajstić information content (AvgIpc) is 2.47. The van der Waals surface area contributed by atoms with E-state index in [1.807, 2.05) is 6.92 Å². The monoisotopic (exact) mass is 312 g/mol. The molecule has 0 radical (unpaired) electrons.